The molecule has 0 aliphatic carbocycles. The van der Waals surface area contributed by atoms with Crippen molar-refractivity contribution >= 4 is 18.3 Å². The molecule has 1 saturated heterocycles. The number of halogens is 1. The number of nitrogens with zero attached hydrogens (tertiary/aromatic N) is 4. The van der Waals surface area contributed by atoms with E-state index < -0.39 is 0 Å². The first kappa shape index (κ1) is 21.4. The second-order valence-electron chi connectivity index (χ2n) is 6.91. The first-order chi connectivity index (χ1) is 12.7. The molecule has 0 spiro atoms. The summed E-state index contributed by atoms with van der Waals surface area (Å²) in [5, 5.41) is 11.8. The van der Waals surface area contributed by atoms with E-state index in [9.17, 15) is 4.79 Å². The van der Waals surface area contributed by atoms with Crippen LogP contribution in [0.5, 0.6) is 0 Å². The van der Waals surface area contributed by atoms with Crippen molar-refractivity contribution in [3.05, 3.63) is 47.8 Å². The molecule has 27 heavy (non-hydrogen) atoms. The first-order valence-corrected chi connectivity index (χ1v) is 9.70. The molecule has 1 unspecified atom stereocenters. The number of piperidine rings is 1. The largest absolute Gasteiger partial charge is 0.334 e. The fourth-order valence-electron chi connectivity index (χ4n) is 3.70. The predicted molar refractivity (Wildman–Crippen MR) is 109 cm³/mol. The number of amides is 1. The smallest absolute Gasteiger partial charge is 0.276 e. The quantitative estimate of drug-likeness (QED) is 0.787. The zero-order valence-electron chi connectivity index (χ0n) is 16.2. The van der Waals surface area contributed by atoms with Crippen LogP contribution in [0.15, 0.2) is 36.5 Å². The lowest BCUT2D eigenvalue weighted by atomic mass is 10.0. The van der Waals surface area contributed by atoms with Gasteiger partial charge in [0.05, 0.1) is 12.2 Å². The maximum atomic E-state index is 13.1. The monoisotopic (exact) mass is 391 g/mol. The Balaban J connectivity index is 0.00000261. The first-order valence-electron chi connectivity index (χ1n) is 9.70. The van der Waals surface area contributed by atoms with Crippen LogP contribution < -0.4 is 5.32 Å². The lowest BCUT2D eigenvalue weighted by Crippen LogP contribution is -2.41. The Bertz CT molecular complexity index is 699. The molecule has 1 aliphatic heterocycles. The molecule has 1 aromatic heterocycles. The fourth-order valence-corrected chi connectivity index (χ4v) is 3.70. The van der Waals surface area contributed by atoms with E-state index in [2.05, 4.69) is 34.7 Å². The molecule has 1 atom stereocenters. The third kappa shape index (κ3) is 5.30. The van der Waals surface area contributed by atoms with E-state index in [1.54, 1.807) is 0 Å². The summed E-state index contributed by atoms with van der Waals surface area (Å²) in [5.74, 6) is -0.0181. The van der Waals surface area contributed by atoms with E-state index in [1.807, 2.05) is 40.9 Å². The summed E-state index contributed by atoms with van der Waals surface area (Å²) < 4.78 is 1.88. The van der Waals surface area contributed by atoms with Gasteiger partial charge in [0.15, 0.2) is 5.69 Å². The minimum Gasteiger partial charge on any atom is -0.334 e. The molecule has 1 amide bonds. The van der Waals surface area contributed by atoms with Gasteiger partial charge in [-0.2, -0.15) is 0 Å². The minimum absolute atomic E-state index is 0. The Morgan fingerprint density at radius 2 is 1.96 bits per heavy atom. The van der Waals surface area contributed by atoms with Gasteiger partial charge >= 0.3 is 0 Å². The maximum Gasteiger partial charge on any atom is 0.276 e. The van der Waals surface area contributed by atoms with Crippen LogP contribution in [0.3, 0.4) is 0 Å². The van der Waals surface area contributed by atoms with Crippen LogP contribution in [-0.4, -0.2) is 51.5 Å². The highest BCUT2D eigenvalue weighted by atomic mass is 35.5. The number of hydrogen-bond acceptors (Lipinski definition) is 4. The summed E-state index contributed by atoms with van der Waals surface area (Å²) in [7, 11) is 0. The molecule has 0 saturated carbocycles. The molecule has 148 valence electrons. The van der Waals surface area contributed by atoms with Gasteiger partial charge in [0.2, 0.25) is 0 Å². The van der Waals surface area contributed by atoms with Gasteiger partial charge in [-0.3, -0.25) is 4.79 Å². The Morgan fingerprint density at radius 3 is 2.59 bits per heavy atom. The van der Waals surface area contributed by atoms with Gasteiger partial charge in [0.25, 0.3) is 5.91 Å². The van der Waals surface area contributed by atoms with Crippen molar-refractivity contribution in [2.24, 2.45) is 0 Å². The van der Waals surface area contributed by atoms with Gasteiger partial charge < -0.3 is 10.2 Å². The fraction of sp³-hybridized carbons (Fsp3) is 0.550. The van der Waals surface area contributed by atoms with Crippen LogP contribution in [-0.2, 0) is 6.42 Å². The molecule has 0 bridgehead atoms. The van der Waals surface area contributed by atoms with Crippen molar-refractivity contribution in [2.75, 3.05) is 19.6 Å². The Hall–Kier alpha value is -1.92. The highest BCUT2D eigenvalue weighted by Gasteiger charge is 2.26. The van der Waals surface area contributed by atoms with E-state index in [0.717, 1.165) is 38.8 Å². The van der Waals surface area contributed by atoms with Crippen LogP contribution >= 0.6 is 12.4 Å². The average molecular weight is 392 g/mol. The van der Waals surface area contributed by atoms with Crippen molar-refractivity contribution < 1.29 is 4.79 Å². The second-order valence-corrected chi connectivity index (χ2v) is 6.91. The summed E-state index contributed by atoms with van der Waals surface area (Å²) in [4.78, 5) is 15.0. The van der Waals surface area contributed by atoms with Gasteiger partial charge in [-0.1, -0.05) is 42.5 Å². The second kappa shape index (κ2) is 10.4. The van der Waals surface area contributed by atoms with Crippen molar-refractivity contribution in [3.63, 3.8) is 0 Å². The van der Waals surface area contributed by atoms with Gasteiger partial charge in [-0.05, 0) is 51.3 Å². The summed E-state index contributed by atoms with van der Waals surface area (Å²) >= 11 is 0. The number of rotatable bonds is 7. The van der Waals surface area contributed by atoms with E-state index in [-0.39, 0.29) is 24.4 Å². The van der Waals surface area contributed by atoms with Crippen molar-refractivity contribution in [2.45, 2.75) is 51.6 Å². The third-order valence-electron chi connectivity index (χ3n) is 5.24. The third-order valence-corrected chi connectivity index (χ3v) is 5.24. The molecule has 1 aliphatic rings. The zero-order valence-corrected chi connectivity index (χ0v) is 17.0. The highest BCUT2D eigenvalue weighted by Crippen LogP contribution is 2.19. The van der Waals surface area contributed by atoms with Gasteiger partial charge in [-0.15, -0.1) is 17.5 Å². The van der Waals surface area contributed by atoms with E-state index in [1.165, 1.54) is 5.56 Å². The lowest BCUT2D eigenvalue weighted by Gasteiger charge is -2.29. The molecule has 1 N–H and O–H groups in total. The van der Waals surface area contributed by atoms with Crippen molar-refractivity contribution in [3.8, 4) is 0 Å². The number of hydrogen-bond donors (Lipinski definition) is 1. The summed E-state index contributed by atoms with van der Waals surface area (Å²) in [6.07, 6.45) is 5.66. The zero-order chi connectivity index (χ0) is 18.4. The maximum absolute atomic E-state index is 13.1. The minimum atomic E-state index is -0.0181. The molecular weight excluding hydrogens is 362 g/mol. The molecule has 2 aromatic rings. The molecule has 2 heterocycles. The van der Waals surface area contributed by atoms with Crippen LogP contribution in [0.2, 0.25) is 0 Å². The highest BCUT2D eigenvalue weighted by molar-refractivity contribution is 5.92. The van der Waals surface area contributed by atoms with Crippen LogP contribution in [0.25, 0.3) is 0 Å². The molecule has 0 radical (unpaired) electrons. The van der Waals surface area contributed by atoms with E-state index >= 15 is 0 Å². The SMILES string of the molecule is CCC(Cc1ccccc1)N(CC)C(=O)c1cn(C2CCNCC2)nn1.Cl. The number of benzene rings is 1. The number of carbonyl (C=O) groups is 1. The van der Waals surface area contributed by atoms with Gasteiger partial charge in [-0.25, -0.2) is 4.68 Å². The molecule has 3 rings (SSSR count). The van der Waals surface area contributed by atoms with Crippen molar-refractivity contribution in [1.29, 1.82) is 0 Å². The molecule has 6 nitrogen and oxygen atoms in total. The molecule has 1 aromatic carbocycles. The van der Waals surface area contributed by atoms with Crippen LogP contribution in [0, 0.1) is 0 Å². The van der Waals surface area contributed by atoms with E-state index in [0.29, 0.717) is 18.3 Å². The average Bonchev–Trinajstić information content (AvgIpc) is 3.19. The van der Waals surface area contributed by atoms with Crippen molar-refractivity contribution in [1.82, 2.24) is 25.2 Å². The predicted octanol–water partition coefficient (Wildman–Crippen LogP) is 3.11. The van der Waals surface area contributed by atoms with Gasteiger partial charge in [0, 0.05) is 12.6 Å². The van der Waals surface area contributed by atoms with Crippen LogP contribution in [0.1, 0.15) is 55.2 Å². The summed E-state index contributed by atoms with van der Waals surface area (Å²) in [6, 6.07) is 10.9. The van der Waals surface area contributed by atoms with Gasteiger partial charge in [0.1, 0.15) is 0 Å². The summed E-state index contributed by atoms with van der Waals surface area (Å²) in [5.41, 5.74) is 1.71. The lowest BCUT2D eigenvalue weighted by molar-refractivity contribution is 0.0678. The Morgan fingerprint density at radius 1 is 1.26 bits per heavy atom. The normalized spacial score (nSPS) is 15.8. The topological polar surface area (TPSA) is 63.1 Å². The Labute approximate surface area is 167 Å². The Kier molecular flexibility index (Phi) is 8.25. The van der Waals surface area contributed by atoms with E-state index in [4.69, 9.17) is 0 Å². The number of carbonyl (C=O) groups excluding carboxylic acids is 1. The molecule has 7 heteroatoms. The molecule has 1 fully saturated rings. The summed E-state index contributed by atoms with van der Waals surface area (Å²) in [6.45, 7) is 6.82. The number of aromatic nitrogens is 3. The van der Waals surface area contributed by atoms with Crippen LogP contribution in [0.4, 0.5) is 0 Å². The number of nitrogens with one attached hydrogen (secondary N) is 1. The number of likely N-dealkylation sites (N-methyl/N-ethyl adjacent to an activating group) is 1. The molecular formula is C20H30ClN5O. The standard InChI is InChI=1S/C20H29N5O.ClH/c1-3-17(14-16-8-6-5-7-9-16)24(4-2)20(26)19-15-25(23-22-19)18-10-12-21-13-11-18;/h5-9,15,17-18,21H,3-4,10-14H2,1-2H3;1H.